The molecule has 0 spiro atoms. The van der Waals surface area contributed by atoms with Gasteiger partial charge in [-0.25, -0.2) is 4.79 Å². The van der Waals surface area contributed by atoms with Gasteiger partial charge in [-0.2, -0.15) is 0 Å². The van der Waals surface area contributed by atoms with Crippen molar-refractivity contribution in [2.75, 3.05) is 5.73 Å². The molecule has 0 aliphatic carbocycles. The van der Waals surface area contributed by atoms with Gasteiger partial charge in [0.05, 0.1) is 5.56 Å². The maximum absolute atomic E-state index is 11.0. The summed E-state index contributed by atoms with van der Waals surface area (Å²) < 4.78 is 0.761. The fourth-order valence-corrected chi connectivity index (χ4v) is 2.17. The van der Waals surface area contributed by atoms with E-state index in [1.54, 1.807) is 6.07 Å². The van der Waals surface area contributed by atoms with Crippen molar-refractivity contribution in [2.45, 2.75) is 0 Å². The topological polar surface area (TPSA) is 63.3 Å². The zero-order valence-electron chi connectivity index (χ0n) is 7.70. The molecule has 4 heteroatoms. The SMILES string of the molecule is Nc1cc(C(=O)O)c2c(Br)cccc2c1. The first-order chi connectivity index (χ1) is 7.09. The van der Waals surface area contributed by atoms with Gasteiger partial charge in [-0.15, -0.1) is 0 Å². The van der Waals surface area contributed by atoms with E-state index in [1.807, 2.05) is 18.2 Å². The van der Waals surface area contributed by atoms with Crippen molar-refractivity contribution in [2.24, 2.45) is 0 Å². The third-order valence-electron chi connectivity index (χ3n) is 2.18. The summed E-state index contributed by atoms with van der Waals surface area (Å²) in [5, 5.41) is 10.6. The molecule has 0 unspecified atom stereocenters. The lowest BCUT2D eigenvalue weighted by molar-refractivity contribution is 0.0699. The van der Waals surface area contributed by atoms with Crippen LogP contribution in [0.15, 0.2) is 34.8 Å². The number of anilines is 1. The van der Waals surface area contributed by atoms with E-state index in [-0.39, 0.29) is 5.56 Å². The molecule has 0 fully saturated rings. The van der Waals surface area contributed by atoms with E-state index >= 15 is 0 Å². The van der Waals surface area contributed by atoms with Gasteiger partial charge < -0.3 is 10.8 Å². The Morgan fingerprint density at radius 3 is 2.73 bits per heavy atom. The first-order valence-electron chi connectivity index (χ1n) is 4.30. The molecule has 0 aromatic heterocycles. The van der Waals surface area contributed by atoms with Crippen molar-refractivity contribution in [3.8, 4) is 0 Å². The molecule has 0 radical (unpaired) electrons. The Hall–Kier alpha value is -1.55. The summed E-state index contributed by atoms with van der Waals surface area (Å²) in [5.41, 5.74) is 6.31. The molecule has 0 saturated carbocycles. The van der Waals surface area contributed by atoms with Crippen molar-refractivity contribution in [1.82, 2.24) is 0 Å². The van der Waals surface area contributed by atoms with Crippen LogP contribution in [0.3, 0.4) is 0 Å². The van der Waals surface area contributed by atoms with Gasteiger partial charge in [0.2, 0.25) is 0 Å². The van der Waals surface area contributed by atoms with Gasteiger partial charge in [-0.3, -0.25) is 0 Å². The highest BCUT2D eigenvalue weighted by atomic mass is 79.9. The van der Waals surface area contributed by atoms with E-state index in [0.29, 0.717) is 11.1 Å². The summed E-state index contributed by atoms with van der Waals surface area (Å²) in [4.78, 5) is 11.0. The second-order valence-electron chi connectivity index (χ2n) is 3.21. The minimum Gasteiger partial charge on any atom is -0.478 e. The number of aromatic carboxylic acids is 1. The molecular formula is C11H8BrNO2. The average molecular weight is 266 g/mol. The van der Waals surface area contributed by atoms with Crippen LogP contribution in [-0.4, -0.2) is 11.1 Å². The highest BCUT2D eigenvalue weighted by Gasteiger charge is 2.11. The van der Waals surface area contributed by atoms with Crippen LogP contribution in [0.25, 0.3) is 10.8 Å². The Labute approximate surface area is 94.6 Å². The summed E-state index contributed by atoms with van der Waals surface area (Å²) in [6.07, 6.45) is 0. The Bertz CT molecular complexity index is 552. The molecule has 2 aromatic rings. The highest BCUT2D eigenvalue weighted by molar-refractivity contribution is 9.10. The number of nitrogens with two attached hydrogens (primary N) is 1. The fourth-order valence-electron chi connectivity index (χ4n) is 1.57. The van der Waals surface area contributed by atoms with Crippen LogP contribution in [0.4, 0.5) is 5.69 Å². The Morgan fingerprint density at radius 2 is 2.07 bits per heavy atom. The number of hydrogen-bond donors (Lipinski definition) is 2. The van der Waals surface area contributed by atoms with Crippen LogP contribution in [0.2, 0.25) is 0 Å². The normalized spacial score (nSPS) is 10.5. The van der Waals surface area contributed by atoms with Crippen LogP contribution in [0, 0.1) is 0 Å². The van der Waals surface area contributed by atoms with Crippen molar-refractivity contribution in [1.29, 1.82) is 0 Å². The average Bonchev–Trinajstić information content (AvgIpc) is 2.16. The second kappa shape index (κ2) is 3.55. The Kier molecular flexibility index (Phi) is 2.36. The quantitative estimate of drug-likeness (QED) is 0.780. The number of benzene rings is 2. The monoisotopic (exact) mass is 265 g/mol. The number of hydrogen-bond acceptors (Lipinski definition) is 2. The smallest absolute Gasteiger partial charge is 0.336 e. The van der Waals surface area contributed by atoms with E-state index in [9.17, 15) is 4.79 Å². The zero-order chi connectivity index (χ0) is 11.0. The van der Waals surface area contributed by atoms with E-state index in [1.165, 1.54) is 6.07 Å². The number of fused-ring (bicyclic) bond motifs is 1. The van der Waals surface area contributed by atoms with Crippen LogP contribution >= 0.6 is 15.9 Å². The number of halogens is 1. The van der Waals surface area contributed by atoms with Gasteiger partial charge >= 0.3 is 5.97 Å². The molecule has 3 nitrogen and oxygen atoms in total. The number of nitrogen functional groups attached to an aromatic ring is 1. The van der Waals surface area contributed by atoms with Gasteiger partial charge in [-0.05, 0) is 23.6 Å². The number of rotatable bonds is 1. The molecule has 0 saturated heterocycles. The third-order valence-corrected chi connectivity index (χ3v) is 2.84. The minimum atomic E-state index is -0.973. The molecule has 0 aliphatic rings. The maximum atomic E-state index is 11.0. The third kappa shape index (κ3) is 1.68. The first kappa shape index (κ1) is 9.98. The Morgan fingerprint density at radius 1 is 1.33 bits per heavy atom. The summed E-state index contributed by atoms with van der Waals surface area (Å²) >= 11 is 3.34. The molecule has 0 atom stereocenters. The lowest BCUT2D eigenvalue weighted by Gasteiger charge is -2.06. The van der Waals surface area contributed by atoms with Crippen LogP contribution in [0.5, 0.6) is 0 Å². The minimum absolute atomic E-state index is 0.220. The number of carbonyl (C=O) groups is 1. The molecule has 2 rings (SSSR count). The molecule has 0 aliphatic heterocycles. The number of carboxylic acid groups (broad SMARTS) is 1. The highest BCUT2D eigenvalue weighted by Crippen LogP contribution is 2.29. The Balaban J connectivity index is 2.94. The van der Waals surface area contributed by atoms with Crippen LogP contribution in [-0.2, 0) is 0 Å². The maximum Gasteiger partial charge on any atom is 0.336 e. The molecule has 0 heterocycles. The van der Waals surface area contributed by atoms with Gasteiger partial charge in [0, 0.05) is 15.5 Å². The van der Waals surface area contributed by atoms with Crippen LogP contribution < -0.4 is 5.73 Å². The predicted octanol–water partition coefficient (Wildman–Crippen LogP) is 2.88. The lowest BCUT2D eigenvalue weighted by Crippen LogP contribution is -2.00. The van der Waals surface area contributed by atoms with E-state index < -0.39 is 5.97 Å². The molecule has 0 bridgehead atoms. The first-order valence-corrected chi connectivity index (χ1v) is 5.10. The van der Waals surface area contributed by atoms with Crippen molar-refractivity contribution in [3.05, 3.63) is 40.4 Å². The van der Waals surface area contributed by atoms with E-state index in [2.05, 4.69) is 15.9 Å². The van der Waals surface area contributed by atoms with Crippen LogP contribution in [0.1, 0.15) is 10.4 Å². The summed E-state index contributed by atoms with van der Waals surface area (Å²) in [7, 11) is 0. The predicted molar refractivity (Wildman–Crippen MR) is 63.0 cm³/mol. The molecule has 15 heavy (non-hydrogen) atoms. The van der Waals surface area contributed by atoms with E-state index in [0.717, 1.165) is 9.86 Å². The number of carboxylic acids is 1. The van der Waals surface area contributed by atoms with Gasteiger partial charge in [0.25, 0.3) is 0 Å². The molecule has 0 amide bonds. The van der Waals surface area contributed by atoms with Crippen molar-refractivity contribution < 1.29 is 9.90 Å². The van der Waals surface area contributed by atoms with Crippen molar-refractivity contribution >= 4 is 38.4 Å². The van der Waals surface area contributed by atoms with Gasteiger partial charge in [-0.1, -0.05) is 28.1 Å². The van der Waals surface area contributed by atoms with E-state index in [4.69, 9.17) is 10.8 Å². The zero-order valence-corrected chi connectivity index (χ0v) is 9.28. The summed E-state index contributed by atoms with van der Waals surface area (Å²) in [6.45, 7) is 0. The molecule has 3 N–H and O–H groups in total. The van der Waals surface area contributed by atoms with Crippen molar-refractivity contribution in [3.63, 3.8) is 0 Å². The largest absolute Gasteiger partial charge is 0.478 e. The molecular weight excluding hydrogens is 258 g/mol. The molecule has 76 valence electrons. The molecule has 2 aromatic carbocycles. The lowest BCUT2D eigenvalue weighted by atomic mass is 10.0. The van der Waals surface area contributed by atoms with Gasteiger partial charge in [0.1, 0.15) is 0 Å². The summed E-state index contributed by atoms with van der Waals surface area (Å²) in [6, 6.07) is 8.72. The van der Waals surface area contributed by atoms with Gasteiger partial charge in [0.15, 0.2) is 0 Å². The second-order valence-corrected chi connectivity index (χ2v) is 4.07. The summed E-state index contributed by atoms with van der Waals surface area (Å²) in [5.74, 6) is -0.973. The fraction of sp³-hybridized carbons (Fsp3) is 0. The standard InChI is InChI=1S/C11H8BrNO2/c12-9-3-1-2-6-4-7(13)5-8(10(6)9)11(14)15/h1-5H,13H2,(H,14,15).